The lowest BCUT2D eigenvalue weighted by molar-refractivity contribution is -0.141. The molecule has 2 atom stereocenters. The summed E-state index contributed by atoms with van der Waals surface area (Å²) in [6, 6.07) is 8.88. The van der Waals surface area contributed by atoms with Crippen LogP contribution >= 0.6 is 0 Å². The molecule has 0 fully saturated rings. The van der Waals surface area contributed by atoms with Gasteiger partial charge in [-0.15, -0.1) is 5.10 Å². The highest BCUT2D eigenvalue weighted by atomic mass is 16.4. The molecule has 0 saturated carbocycles. The predicted octanol–water partition coefficient (Wildman–Crippen LogP) is 0.602. The molecule has 0 aliphatic rings. The van der Waals surface area contributed by atoms with Crippen molar-refractivity contribution in [1.82, 2.24) is 25.5 Å². The summed E-state index contributed by atoms with van der Waals surface area (Å²) in [6.07, 6.45) is 0.417. The summed E-state index contributed by atoms with van der Waals surface area (Å²) < 4.78 is 1.45. The van der Waals surface area contributed by atoms with Gasteiger partial charge in [-0.05, 0) is 22.9 Å². The fraction of sp³-hybridized carbons (Fsp3) is 0.400. The zero-order chi connectivity index (χ0) is 16.8. The van der Waals surface area contributed by atoms with Gasteiger partial charge in [0.05, 0.1) is 5.92 Å². The van der Waals surface area contributed by atoms with Crippen molar-refractivity contribution < 1.29 is 14.7 Å². The number of tetrazole rings is 1. The van der Waals surface area contributed by atoms with E-state index in [1.807, 2.05) is 30.3 Å². The van der Waals surface area contributed by atoms with Gasteiger partial charge in [-0.1, -0.05) is 37.3 Å². The van der Waals surface area contributed by atoms with Gasteiger partial charge in [0.25, 0.3) is 0 Å². The Balaban J connectivity index is 2.15. The molecule has 2 unspecified atom stereocenters. The third-order valence-electron chi connectivity index (χ3n) is 3.53. The van der Waals surface area contributed by atoms with Crippen molar-refractivity contribution in [3.8, 4) is 0 Å². The highest BCUT2D eigenvalue weighted by molar-refractivity contribution is 5.81. The number of aryl methyl sites for hydroxylation is 1. The number of benzene rings is 1. The number of aliphatic carboxylic acids is 1. The van der Waals surface area contributed by atoms with E-state index in [4.69, 9.17) is 5.11 Å². The van der Waals surface area contributed by atoms with E-state index in [0.29, 0.717) is 12.2 Å². The van der Waals surface area contributed by atoms with Gasteiger partial charge in [-0.2, -0.15) is 0 Å². The molecular formula is C15H19N5O3. The van der Waals surface area contributed by atoms with Gasteiger partial charge in [-0.25, -0.2) is 4.68 Å². The number of aromatic nitrogens is 4. The van der Waals surface area contributed by atoms with Crippen LogP contribution in [0.1, 0.15) is 24.4 Å². The van der Waals surface area contributed by atoms with Gasteiger partial charge in [0, 0.05) is 13.0 Å². The molecule has 122 valence electrons. The first-order valence-electron chi connectivity index (χ1n) is 7.28. The Kier molecular flexibility index (Phi) is 5.40. The van der Waals surface area contributed by atoms with Crippen LogP contribution < -0.4 is 5.32 Å². The topological polar surface area (TPSA) is 110 Å². The maximum absolute atomic E-state index is 12.5. The standard InChI is InChI=1S/C15H19N5O3/c1-10(15(22)23)9-16-14(21)13(20-11(2)17-18-19-20)8-12-6-4-3-5-7-12/h3-7,10,13H,8-9H2,1-2H3,(H,16,21)(H,22,23). The molecule has 23 heavy (non-hydrogen) atoms. The minimum atomic E-state index is -0.955. The second-order valence-electron chi connectivity index (χ2n) is 5.36. The van der Waals surface area contributed by atoms with Crippen molar-refractivity contribution in [1.29, 1.82) is 0 Å². The predicted molar refractivity (Wildman–Crippen MR) is 81.5 cm³/mol. The summed E-state index contributed by atoms with van der Waals surface area (Å²) in [7, 11) is 0. The molecule has 0 spiro atoms. The van der Waals surface area contributed by atoms with E-state index in [1.54, 1.807) is 6.92 Å². The fourth-order valence-electron chi connectivity index (χ4n) is 2.11. The molecule has 1 amide bonds. The van der Waals surface area contributed by atoms with Crippen LogP contribution in [0.5, 0.6) is 0 Å². The molecule has 8 nitrogen and oxygen atoms in total. The molecule has 1 aromatic heterocycles. The van der Waals surface area contributed by atoms with E-state index in [0.717, 1.165) is 5.56 Å². The van der Waals surface area contributed by atoms with Gasteiger partial charge in [0.2, 0.25) is 5.91 Å². The number of nitrogens with one attached hydrogen (secondary N) is 1. The Morgan fingerprint density at radius 3 is 2.57 bits per heavy atom. The molecule has 0 radical (unpaired) electrons. The molecule has 2 rings (SSSR count). The first kappa shape index (κ1) is 16.6. The number of rotatable bonds is 7. The maximum atomic E-state index is 12.5. The van der Waals surface area contributed by atoms with Crippen LogP contribution in [0.2, 0.25) is 0 Å². The van der Waals surface area contributed by atoms with Gasteiger partial charge in [0.1, 0.15) is 11.9 Å². The summed E-state index contributed by atoms with van der Waals surface area (Å²) in [5, 5.41) is 22.8. The molecule has 0 aliphatic heterocycles. The summed E-state index contributed by atoms with van der Waals surface area (Å²) in [5.41, 5.74) is 0.967. The van der Waals surface area contributed by atoms with Crippen molar-refractivity contribution in [2.45, 2.75) is 26.3 Å². The summed E-state index contributed by atoms with van der Waals surface area (Å²) in [5.74, 6) is -1.40. The second kappa shape index (κ2) is 7.48. The van der Waals surface area contributed by atoms with E-state index in [2.05, 4.69) is 20.8 Å². The number of carbonyl (C=O) groups excluding carboxylic acids is 1. The SMILES string of the molecule is Cc1nnnn1C(Cc1ccccc1)C(=O)NCC(C)C(=O)O. The number of nitrogens with zero attached hydrogens (tertiary/aromatic N) is 4. The van der Waals surface area contributed by atoms with E-state index in [1.165, 1.54) is 11.6 Å². The largest absolute Gasteiger partial charge is 0.481 e. The van der Waals surface area contributed by atoms with Gasteiger partial charge in [0.15, 0.2) is 0 Å². The Morgan fingerprint density at radius 2 is 2.00 bits per heavy atom. The normalized spacial score (nSPS) is 13.3. The molecule has 1 heterocycles. The number of carboxylic acid groups (broad SMARTS) is 1. The minimum absolute atomic E-state index is 0.0562. The Morgan fingerprint density at radius 1 is 1.30 bits per heavy atom. The van der Waals surface area contributed by atoms with Crippen LogP contribution in [-0.2, 0) is 16.0 Å². The third kappa shape index (κ3) is 4.35. The Labute approximate surface area is 133 Å². The number of amides is 1. The third-order valence-corrected chi connectivity index (χ3v) is 3.53. The van der Waals surface area contributed by atoms with E-state index in [9.17, 15) is 9.59 Å². The smallest absolute Gasteiger partial charge is 0.308 e. The monoisotopic (exact) mass is 317 g/mol. The van der Waals surface area contributed by atoms with Crippen molar-refractivity contribution in [3.63, 3.8) is 0 Å². The lowest BCUT2D eigenvalue weighted by atomic mass is 10.0. The molecule has 0 bridgehead atoms. The van der Waals surface area contributed by atoms with Crippen LogP contribution in [0.15, 0.2) is 30.3 Å². The first-order valence-corrected chi connectivity index (χ1v) is 7.28. The molecule has 0 aliphatic carbocycles. The molecule has 2 aromatic rings. The Hall–Kier alpha value is -2.77. The average molecular weight is 317 g/mol. The molecule has 2 N–H and O–H groups in total. The van der Waals surface area contributed by atoms with Gasteiger partial charge < -0.3 is 10.4 Å². The minimum Gasteiger partial charge on any atom is -0.481 e. The maximum Gasteiger partial charge on any atom is 0.308 e. The summed E-state index contributed by atoms with van der Waals surface area (Å²) in [6.45, 7) is 3.31. The molecule has 1 aromatic carbocycles. The van der Waals surface area contributed by atoms with Crippen molar-refractivity contribution in [2.24, 2.45) is 5.92 Å². The van der Waals surface area contributed by atoms with Crippen LogP contribution in [-0.4, -0.2) is 43.7 Å². The molecular weight excluding hydrogens is 298 g/mol. The second-order valence-corrected chi connectivity index (χ2v) is 5.36. The van der Waals surface area contributed by atoms with Crippen molar-refractivity contribution in [3.05, 3.63) is 41.7 Å². The zero-order valence-corrected chi connectivity index (χ0v) is 13.0. The van der Waals surface area contributed by atoms with Crippen LogP contribution in [0.3, 0.4) is 0 Å². The number of hydrogen-bond acceptors (Lipinski definition) is 5. The van der Waals surface area contributed by atoms with Crippen LogP contribution in [0.25, 0.3) is 0 Å². The van der Waals surface area contributed by atoms with Crippen molar-refractivity contribution >= 4 is 11.9 Å². The van der Waals surface area contributed by atoms with Gasteiger partial charge >= 0.3 is 5.97 Å². The van der Waals surface area contributed by atoms with Gasteiger partial charge in [-0.3, -0.25) is 9.59 Å². The lowest BCUT2D eigenvalue weighted by Crippen LogP contribution is -2.38. The van der Waals surface area contributed by atoms with E-state index < -0.39 is 17.9 Å². The number of hydrogen-bond donors (Lipinski definition) is 2. The highest BCUT2D eigenvalue weighted by Gasteiger charge is 2.25. The average Bonchev–Trinajstić information content (AvgIpc) is 2.96. The highest BCUT2D eigenvalue weighted by Crippen LogP contribution is 2.15. The van der Waals surface area contributed by atoms with Crippen molar-refractivity contribution in [2.75, 3.05) is 6.54 Å². The molecule has 0 saturated heterocycles. The lowest BCUT2D eigenvalue weighted by Gasteiger charge is -2.18. The van der Waals surface area contributed by atoms with Crippen LogP contribution in [0, 0.1) is 12.8 Å². The van der Waals surface area contributed by atoms with Crippen LogP contribution in [0.4, 0.5) is 0 Å². The zero-order valence-electron chi connectivity index (χ0n) is 13.0. The summed E-state index contributed by atoms with van der Waals surface area (Å²) in [4.78, 5) is 23.4. The summed E-state index contributed by atoms with van der Waals surface area (Å²) >= 11 is 0. The number of carbonyl (C=O) groups is 2. The van der Waals surface area contributed by atoms with E-state index in [-0.39, 0.29) is 12.5 Å². The van der Waals surface area contributed by atoms with E-state index >= 15 is 0 Å². The fourth-order valence-corrected chi connectivity index (χ4v) is 2.11. The first-order chi connectivity index (χ1) is 11.0. The molecule has 8 heteroatoms. The Bertz CT molecular complexity index is 671. The number of carboxylic acids is 1. The quantitative estimate of drug-likeness (QED) is 0.774.